The maximum atomic E-state index is 9.85. The van der Waals surface area contributed by atoms with E-state index in [-0.39, 0.29) is 18.8 Å². The van der Waals surface area contributed by atoms with Gasteiger partial charge < -0.3 is 15.3 Å². The largest absolute Gasteiger partial charge is 0.396 e. The van der Waals surface area contributed by atoms with Crippen LogP contribution >= 0.6 is 0 Å². The van der Waals surface area contributed by atoms with Crippen molar-refractivity contribution in [2.75, 3.05) is 6.61 Å². The summed E-state index contributed by atoms with van der Waals surface area (Å²) < 4.78 is 0. The SMILES string of the molecule is CCCCCCC(O)CCC(O)C/C=C\CCCCCO. The molecule has 0 aliphatic rings. The van der Waals surface area contributed by atoms with Crippen molar-refractivity contribution in [3.8, 4) is 0 Å². The molecule has 0 aliphatic heterocycles. The first-order chi connectivity index (χ1) is 10.2. The number of hydrogen-bond donors (Lipinski definition) is 3. The summed E-state index contributed by atoms with van der Waals surface area (Å²) in [6, 6.07) is 0. The van der Waals surface area contributed by atoms with Crippen LogP contribution in [0, 0.1) is 0 Å². The molecular formula is C18H36O3. The van der Waals surface area contributed by atoms with E-state index < -0.39 is 0 Å². The Morgan fingerprint density at radius 3 is 2.19 bits per heavy atom. The highest BCUT2D eigenvalue weighted by atomic mass is 16.3. The van der Waals surface area contributed by atoms with Gasteiger partial charge in [0.15, 0.2) is 0 Å². The Morgan fingerprint density at radius 1 is 0.762 bits per heavy atom. The smallest absolute Gasteiger partial charge is 0.0575 e. The first kappa shape index (κ1) is 20.6. The molecule has 0 fully saturated rings. The molecule has 3 N–H and O–H groups in total. The lowest BCUT2D eigenvalue weighted by molar-refractivity contribution is 0.108. The normalized spacial score (nSPS) is 14.7. The van der Waals surface area contributed by atoms with Crippen LogP contribution in [-0.4, -0.2) is 34.1 Å². The van der Waals surface area contributed by atoms with Gasteiger partial charge >= 0.3 is 0 Å². The predicted molar refractivity (Wildman–Crippen MR) is 89.3 cm³/mol. The fourth-order valence-electron chi connectivity index (χ4n) is 2.38. The Morgan fingerprint density at radius 2 is 1.48 bits per heavy atom. The van der Waals surface area contributed by atoms with Crippen molar-refractivity contribution in [2.45, 2.75) is 96.2 Å². The molecule has 0 saturated heterocycles. The summed E-state index contributed by atoms with van der Waals surface area (Å²) >= 11 is 0. The van der Waals surface area contributed by atoms with Gasteiger partial charge in [-0.2, -0.15) is 0 Å². The van der Waals surface area contributed by atoms with Crippen LogP contribution in [-0.2, 0) is 0 Å². The van der Waals surface area contributed by atoms with Crippen LogP contribution in [0.25, 0.3) is 0 Å². The van der Waals surface area contributed by atoms with Gasteiger partial charge in [-0.25, -0.2) is 0 Å². The monoisotopic (exact) mass is 300 g/mol. The lowest BCUT2D eigenvalue weighted by Gasteiger charge is -2.13. The molecular weight excluding hydrogens is 264 g/mol. The van der Waals surface area contributed by atoms with Crippen LogP contribution in [0.4, 0.5) is 0 Å². The molecule has 0 saturated carbocycles. The lowest BCUT2D eigenvalue weighted by atomic mass is 10.0. The van der Waals surface area contributed by atoms with Crippen LogP contribution in [0.2, 0.25) is 0 Å². The zero-order chi connectivity index (χ0) is 15.8. The van der Waals surface area contributed by atoms with Gasteiger partial charge in [0.25, 0.3) is 0 Å². The van der Waals surface area contributed by atoms with Gasteiger partial charge in [-0.3, -0.25) is 0 Å². The minimum Gasteiger partial charge on any atom is -0.396 e. The quantitative estimate of drug-likeness (QED) is 0.317. The van der Waals surface area contributed by atoms with Gasteiger partial charge in [-0.1, -0.05) is 51.2 Å². The molecule has 3 nitrogen and oxygen atoms in total. The van der Waals surface area contributed by atoms with Gasteiger partial charge in [-0.05, 0) is 44.9 Å². The molecule has 0 radical (unpaired) electrons. The number of hydrogen-bond acceptors (Lipinski definition) is 3. The van der Waals surface area contributed by atoms with Crippen LogP contribution in [0.15, 0.2) is 12.2 Å². The molecule has 0 rings (SSSR count). The van der Waals surface area contributed by atoms with Crippen molar-refractivity contribution in [3.63, 3.8) is 0 Å². The fraction of sp³-hybridized carbons (Fsp3) is 0.889. The van der Waals surface area contributed by atoms with Gasteiger partial charge in [0.05, 0.1) is 12.2 Å². The van der Waals surface area contributed by atoms with Crippen molar-refractivity contribution < 1.29 is 15.3 Å². The standard InChI is InChI=1S/C18H36O3/c1-2-3-4-9-12-17(20)14-15-18(21)13-10-7-5-6-8-11-16-19/h7,10,17-21H,2-6,8-9,11-16H2,1H3/b10-7-. The summed E-state index contributed by atoms with van der Waals surface area (Å²) in [6.07, 6.45) is 15.4. The van der Waals surface area contributed by atoms with E-state index in [1.807, 2.05) is 6.08 Å². The second-order valence-electron chi connectivity index (χ2n) is 6.01. The van der Waals surface area contributed by atoms with Crippen LogP contribution in [0.1, 0.15) is 84.0 Å². The van der Waals surface area contributed by atoms with Crippen molar-refractivity contribution in [1.82, 2.24) is 0 Å². The third-order valence-corrected chi connectivity index (χ3v) is 3.83. The molecule has 3 heteroatoms. The zero-order valence-electron chi connectivity index (χ0n) is 13.8. The van der Waals surface area contributed by atoms with Crippen molar-refractivity contribution in [1.29, 1.82) is 0 Å². The molecule has 21 heavy (non-hydrogen) atoms. The Labute approximate surface area is 131 Å². The summed E-state index contributed by atoms with van der Waals surface area (Å²) in [5, 5.41) is 28.3. The van der Waals surface area contributed by atoms with Gasteiger partial charge in [-0.15, -0.1) is 0 Å². The van der Waals surface area contributed by atoms with Crippen LogP contribution in [0.3, 0.4) is 0 Å². The maximum absolute atomic E-state index is 9.85. The van der Waals surface area contributed by atoms with Crippen LogP contribution < -0.4 is 0 Å². The van der Waals surface area contributed by atoms with Gasteiger partial charge in [0.1, 0.15) is 0 Å². The third kappa shape index (κ3) is 15.8. The van der Waals surface area contributed by atoms with E-state index in [9.17, 15) is 10.2 Å². The van der Waals surface area contributed by atoms with E-state index in [1.165, 1.54) is 19.3 Å². The summed E-state index contributed by atoms with van der Waals surface area (Å²) in [4.78, 5) is 0. The second kappa shape index (κ2) is 16.0. The first-order valence-electron chi connectivity index (χ1n) is 8.82. The highest BCUT2D eigenvalue weighted by Gasteiger charge is 2.08. The summed E-state index contributed by atoms with van der Waals surface area (Å²) in [5.74, 6) is 0. The van der Waals surface area contributed by atoms with Crippen molar-refractivity contribution in [3.05, 3.63) is 12.2 Å². The van der Waals surface area contributed by atoms with E-state index in [4.69, 9.17) is 5.11 Å². The van der Waals surface area contributed by atoms with E-state index in [1.54, 1.807) is 0 Å². The number of aliphatic hydroxyl groups is 3. The zero-order valence-corrected chi connectivity index (χ0v) is 13.8. The summed E-state index contributed by atoms with van der Waals surface area (Å²) in [7, 11) is 0. The molecule has 2 unspecified atom stereocenters. The average Bonchev–Trinajstić information content (AvgIpc) is 2.48. The highest BCUT2D eigenvalue weighted by molar-refractivity contribution is 4.84. The first-order valence-corrected chi connectivity index (χ1v) is 8.82. The molecule has 0 amide bonds. The maximum Gasteiger partial charge on any atom is 0.0575 e. The molecule has 0 aliphatic carbocycles. The number of aliphatic hydroxyl groups excluding tert-OH is 3. The second-order valence-corrected chi connectivity index (χ2v) is 6.01. The molecule has 0 heterocycles. The third-order valence-electron chi connectivity index (χ3n) is 3.83. The molecule has 0 aromatic heterocycles. The topological polar surface area (TPSA) is 60.7 Å². The van der Waals surface area contributed by atoms with E-state index in [0.29, 0.717) is 19.3 Å². The average molecular weight is 300 g/mol. The van der Waals surface area contributed by atoms with E-state index in [2.05, 4.69) is 13.0 Å². The molecule has 2 atom stereocenters. The molecule has 0 aromatic carbocycles. The Balaban J connectivity index is 3.43. The Bertz CT molecular complexity index is 229. The van der Waals surface area contributed by atoms with Crippen LogP contribution in [0.5, 0.6) is 0 Å². The summed E-state index contributed by atoms with van der Waals surface area (Å²) in [5.41, 5.74) is 0. The Hall–Kier alpha value is -0.380. The highest BCUT2D eigenvalue weighted by Crippen LogP contribution is 2.12. The summed E-state index contributed by atoms with van der Waals surface area (Å²) in [6.45, 7) is 2.47. The van der Waals surface area contributed by atoms with E-state index in [0.717, 1.165) is 38.5 Å². The lowest BCUT2D eigenvalue weighted by Crippen LogP contribution is -2.12. The van der Waals surface area contributed by atoms with Gasteiger partial charge in [0, 0.05) is 6.61 Å². The number of rotatable bonds is 15. The van der Waals surface area contributed by atoms with Crippen molar-refractivity contribution in [2.24, 2.45) is 0 Å². The minimum absolute atomic E-state index is 0.251. The number of unbranched alkanes of at least 4 members (excludes halogenated alkanes) is 6. The molecule has 0 spiro atoms. The van der Waals surface area contributed by atoms with E-state index >= 15 is 0 Å². The van der Waals surface area contributed by atoms with Gasteiger partial charge in [0.2, 0.25) is 0 Å². The molecule has 0 aromatic rings. The fourth-order valence-corrected chi connectivity index (χ4v) is 2.38. The minimum atomic E-state index is -0.330. The molecule has 126 valence electrons. The van der Waals surface area contributed by atoms with Crippen molar-refractivity contribution >= 4 is 0 Å². The molecule has 0 bridgehead atoms. The predicted octanol–water partition coefficient (Wildman–Crippen LogP) is 3.96. The Kier molecular flexibility index (Phi) is 15.7. The number of allylic oxidation sites excluding steroid dienone is 1.